The van der Waals surface area contributed by atoms with E-state index < -0.39 is 0 Å². The molecule has 0 saturated heterocycles. The first kappa shape index (κ1) is 16.3. The van der Waals surface area contributed by atoms with Crippen LogP contribution in [0.25, 0.3) is 11.5 Å². The highest BCUT2D eigenvalue weighted by atomic mass is 32.2. The van der Waals surface area contributed by atoms with Gasteiger partial charge in [-0.1, -0.05) is 6.07 Å². The average molecular weight is 342 g/mol. The fraction of sp³-hybridized carbons (Fsp3) is 0.111. The summed E-state index contributed by atoms with van der Waals surface area (Å²) >= 11 is 1.37. The van der Waals surface area contributed by atoms with Gasteiger partial charge in [-0.3, -0.25) is 9.78 Å². The predicted octanol–water partition coefficient (Wildman–Crippen LogP) is 3.89. The molecule has 2 aromatic heterocycles. The normalized spacial score (nSPS) is 10.5. The smallest absolute Gasteiger partial charge is 0.230 e. The van der Waals surface area contributed by atoms with Crippen LogP contribution in [0.3, 0.4) is 0 Å². The summed E-state index contributed by atoms with van der Waals surface area (Å²) < 4.78 is 18.1. The number of pyridine rings is 1. The molecule has 0 spiro atoms. The molecule has 1 amide bonds. The molecule has 0 aliphatic rings. The number of amides is 1. The molecule has 0 fully saturated rings. The van der Waals surface area contributed by atoms with Crippen LogP contribution in [-0.2, 0) is 11.3 Å². The van der Waals surface area contributed by atoms with Gasteiger partial charge < -0.3 is 9.73 Å². The lowest BCUT2D eigenvalue weighted by Crippen LogP contribution is -2.24. The van der Waals surface area contributed by atoms with E-state index in [-0.39, 0.29) is 17.5 Å². The number of nitrogens with one attached hydrogen (secondary N) is 1. The summed E-state index contributed by atoms with van der Waals surface area (Å²) in [6.45, 7) is 0.411. The molecule has 1 aromatic carbocycles. The van der Waals surface area contributed by atoms with E-state index in [1.165, 1.54) is 23.9 Å². The van der Waals surface area contributed by atoms with Gasteiger partial charge in [0.25, 0.3) is 0 Å². The molecule has 0 aliphatic carbocycles. The van der Waals surface area contributed by atoms with E-state index in [1.54, 1.807) is 24.6 Å². The molecule has 0 atom stereocenters. The first-order valence-corrected chi connectivity index (χ1v) is 8.33. The van der Waals surface area contributed by atoms with Crippen molar-refractivity contribution < 1.29 is 13.6 Å². The Bertz CT molecular complexity index is 787. The third-order valence-electron chi connectivity index (χ3n) is 3.27. The molecule has 0 aliphatic heterocycles. The van der Waals surface area contributed by atoms with Crippen molar-refractivity contribution in [2.24, 2.45) is 0 Å². The Hall–Kier alpha value is -2.60. The summed E-state index contributed by atoms with van der Waals surface area (Å²) in [6.07, 6.45) is 3.31. The van der Waals surface area contributed by atoms with Crippen molar-refractivity contribution in [1.29, 1.82) is 0 Å². The standard InChI is InChI=1S/C18H15FN2O2S/c19-14-4-6-15(7-5-14)24-12-18(22)21-11-13-3-8-16(20-10-13)17-2-1-9-23-17/h1-10H,11-12H2,(H,21,22). The number of nitrogens with zero attached hydrogens (tertiary/aromatic N) is 1. The summed E-state index contributed by atoms with van der Waals surface area (Å²) in [7, 11) is 0. The van der Waals surface area contributed by atoms with E-state index in [0.29, 0.717) is 12.3 Å². The molecule has 122 valence electrons. The van der Waals surface area contributed by atoms with Gasteiger partial charge >= 0.3 is 0 Å². The highest BCUT2D eigenvalue weighted by molar-refractivity contribution is 8.00. The van der Waals surface area contributed by atoms with E-state index in [2.05, 4.69) is 10.3 Å². The van der Waals surface area contributed by atoms with Crippen LogP contribution in [0.2, 0.25) is 0 Å². The van der Waals surface area contributed by atoms with Gasteiger partial charge in [-0.05, 0) is 48.0 Å². The van der Waals surface area contributed by atoms with E-state index in [1.807, 2.05) is 24.3 Å². The van der Waals surface area contributed by atoms with Crippen molar-refractivity contribution in [3.63, 3.8) is 0 Å². The van der Waals surface area contributed by atoms with Gasteiger partial charge in [0.05, 0.1) is 12.0 Å². The zero-order valence-electron chi connectivity index (χ0n) is 12.7. The first-order valence-electron chi connectivity index (χ1n) is 7.34. The van der Waals surface area contributed by atoms with E-state index in [4.69, 9.17) is 4.42 Å². The van der Waals surface area contributed by atoms with Crippen LogP contribution in [0.1, 0.15) is 5.56 Å². The minimum Gasteiger partial charge on any atom is -0.463 e. The minimum atomic E-state index is -0.283. The van der Waals surface area contributed by atoms with Crippen LogP contribution in [0.15, 0.2) is 70.3 Å². The lowest BCUT2D eigenvalue weighted by Gasteiger charge is -2.06. The van der Waals surface area contributed by atoms with Crippen LogP contribution in [0.5, 0.6) is 0 Å². The number of thioether (sulfide) groups is 1. The second-order valence-electron chi connectivity index (χ2n) is 5.05. The maximum Gasteiger partial charge on any atom is 0.230 e. The number of benzene rings is 1. The number of rotatable bonds is 6. The lowest BCUT2D eigenvalue weighted by atomic mass is 10.2. The highest BCUT2D eigenvalue weighted by Gasteiger charge is 2.05. The lowest BCUT2D eigenvalue weighted by molar-refractivity contribution is -0.118. The van der Waals surface area contributed by atoms with E-state index >= 15 is 0 Å². The molecule has 0 radical (unpaired) electrons. The van der Waals surface area contributed by atoms with Crippen molar-refractivity contribution in [1.82, 2.24) is 10.3 Å². The van der Waals surface area contributed by atoms with Gasteiger partial charge in [-0.15, -0.1) is 11.8 Å². The number of halogens is 1. The van der Waals surface area contributed by atoms with E-state index in [9.17, 15) is 9.18 Å². The van der Waals surface area contributed by atoms with Crippen LogP contribution >= 0.6 is 11.8 Å². The van der Waals surface area contributed by atoms with E-state index in [0.717, 1.165) is 16.2 Å². The molecule has 0 saturated carbocycles. The van der Waals surface area contributed by atoms with Crippen LogP contribution in [-0.4, -0.2) is 16.6 Å². The summed E-state index contributed by atoms with van der Waals surface area (Å²) in [5, 5.41) is 2.84. The fourth-order valence-corrected chi connectivity index (χ4v) is 2.76. The second-order valence-corrected chi connectivity index (χ2v) is 6.10. The molecule has 3 aromatic rings. The monoisotopic (exact) mass is 342 g/mol. The van der Waals surface area contributed by atoms with Crippen LogP contribution < -0.4 is 5.32 Å². The maximum atomic E-state index is 12.8. The third kappa shape index (κ3) is 4.45. The van der Waals surface area contributed by atoms with Gasteiger partial charge in [0, 0.05) is 17.6 Å². The Labute approximate surface area is 143 Å². The SMILES string of the molecule is O=C(CSc1ccc(F)cc1)NCc1ccc(-c2ccco2)nc1. The first-order chi connectivity index (χ1) is 11.7. The Kier molecular flexibility index (Phi) is 5.28. The zero-order valence-corrected chi connectivity index (χ0v) is 13.6. The summed E-state index contributed by atoms with van der Waals surface area (Å²) in [6, 6.07) is 13.5. The number of furan rings is 1. The topological polar surface area (TPSA) is 55.1 Å². The van der Waals surface area contributed by atoms with Gasteiger partial charge in [-0.25, -0.2) is 4.39 Å². The molecule has 4 nitrogen and oxygen atoms in total. The Morgan fingerprint density at radius 3 is 2.67 bits per heavy atom. The zero-order chi connectivity index (χ0) is 16.8. The number of aromatic nitrogens is 1. The minimum absolute atomic E-state index is 0.0839. The molecule has 0 bridgehead atoms. The van der Waals surface area contributed by atoms with Gasteiger partial charge in [-0.2, -0.15) is 0 Å². The van der Waals surface area contributed by atoms with Crippen molar-refractivity contribution in [3.8, 4) is 11.5 Å². The van der Waals surface area contributed by atoms with Gasteiger partial charge in [0.1, 0.15) is 11.5 Å². The predicted molar refractivity (Wildman–Crippen MR) is 90.9 cm³/mol. The van der Waals surface area contributed by atoms with Crippen molar-refractivity contribution in [2.45, 2.75) is 11.4 Å². The fourth-order valence-electron chi connectivity index (χ4n) is 2.03. The van der Waals surface area contributed by atoms with Gasteiger partial charge in [0.2, 0.25) is 5.91 Å². The average Bonchev–Trinajstić information content (AvgIpc) is 3.14. The molecule has 2 heterocycles. The number of carbonyl (C=O) groups excluding carboxylic acids is 1. The molecule has 6 heteroatoms. The molecule has 24 heavy (non-hydrogen) atoms. The van der Waals surface area contributed by atoms with Crippen molar-refractivity contribution in [3.05, 3.63) is 72.4 Å². The Balaban J connectivity index is 1.46. The molecule has 0 unspecified atom stereocenters. The van der Waals surface area contributed by atoms with Gasteiger partial charge in [0.15, 0.2) is 5.76 Å². The number of hydrogen-bond acceptors (Lipinski definition) is 4. The molecule has 3 rings (SSSR count). The number of hydrogen-bond donors (Lipinski definition) is 1. The Morgan fingerprint density at radius 1 is 1.17 bits per heavy atom. The maximum absolute atomic E-state index is 12.8. The molecular weight excluding hydrogens is 327 g/mol. The second kappa shape index (κ2) is 7.79. The Morgan fingerprint density at radius 2 is 2.00 bits per heavy atom. The summed E-state index contributed by atoms with van der Waals surface area (Å²) in [5.74, 6) is 0.624. The number of carbonyl (C=O) groups is 1. The summed E-state index contributed by atoms with van der Waals surface area (Å²) in [4.78, 5) is 17.0. The van der Waals surface area contributed by atoms with Crippen LogP contribution in [0, 0.1) is 5.82 Å². The molecule has 1 N–H and O–H groups in total. The quantitative estimate of drug-likeness (QED) is 0.691. The summed E-state index contributed by atoms with van der Waals surface area (Å²) in [5.41, 5.74) is 1.66. The van der Waals surface area contributed by atoms with Crippen molar-refractivity contribution in [2.75, 3.05) is 5.75 Å². The highest BCUT2D eigenvalue weighted by Crippen LogP contribution is 2.18. The van der Waals surface area contributed by atoms with Crippen LogP contribution in [0.4, 0.5) is 4.39 Å². The third-order valence-corrected chi connectivity index (χ3v) is 4.28. The largest absolute Gasteiger partial charge is 0.463 e. The molecular formula is C18H15FN2O2S. The van der Waals surface area contributed by atoms with Crippen molar-refractivity contribution >= 4 is 17.7 Å².